The van der Waals surface area contributed by atoms with E-state index >= 15 is 0 Å². The van der Waals surface area contributed by atoms with Crippen LogP contribution in [0.15, 0.2) is 109 Å². The fraction of sp³-hybridized carbons (Fsp3) is 0.333. The second kappa shape index (κ2) is 11.7. The molecule has 1 N–H and O–H groups in total. The first kappa shape index (κ1) is 28.1. The van der Waals surface area contributed by atoms with E-state index in [4.69, 9.17) is 4.43 Å². The van der Waals surface area contributed by atoms with E-state index in [1.807, 2.05) is 43.3 Å². The van der Waals surface area contributed by atoms with Crippen molar-refractivity contribution in [1.29, 1.82) is 0 Å². The van der Waals surface area contributed by atoms with E-state index in [1.165, 1.54) is 0 Å². The minimum absolute atomic E-state index is 0.225. The molecule has 0 saturated heterocycles. The Balaban J connectivity index is 2.20. The summed E-state index contributed by atoms with van der Waals surface area (Å²) in [5.74, 6) is -0.667. The molecular weight excluding hydrogens is 484 g/mol. The highest BCUT2D eigenvalue weighted by Gasteiger charge is 2.52. The van der Waals surface area contributed by atoms with Crippen molar-refractivity contribution in [3.05, 3.63) is 104 Å². The first-order chi connectivity index (χ1) is 17.0. The molecule has 0 spiro atoms. The predicted molar refractivity (Wildman–Crippen MR) is 151 cm³/mol. The van der Waals surface area contributed by atoms with E-state index < -0.39 is 36.3 Å². The number of hydrogen-bond acceptors (Lipinski definition) is 4. The molecule has 0 radical (unpaired) electrons. The molecule has 36 heavy (non-hydrogen) atoms. The molecule has 0 aliphatic carbocycles. The van der Waals surface area contributed by atoms with Gasteiger partial charge in [-0.3, -0.25) is 0 Å². The van der Waals surface area contributed by atoms with Gasteiger partial charge in [-0.25, -0.2) is 8.42 Å². The van der Waals surface area contributed by atoms with Crippen LogP contribution >= 0.6 is 0 Å². The van der Waals surface area contributed by atoms with E-state index in [0.717, 1.165) is 10.4 Å². The Bertz CT molecular complexity index is 1170. The quantitative estimate of drug-likeness (QED) is 0.285. The van der Waals surface area contributed by atoms with Crippen molar-refractivity contribution in [3.8, 4) is 0 Å². The van der Waals surface area contributed by atoms with Gasteiger partial charge in [0.25, 0.3) is 8.32 Å². The van der Waals surface area contributed by atoms with Crippen molar-refractivity contribution in [1.82, 2.24) is 0 Å². The van der Waals surface area contributed by atoms with Crippen molar-refractivity contribution in [3.63, 3.8) is 0 Å². The number of aliphatic hydroxyl groups is 1. The fourth-order valence-corrected chi connectivity index (χ4v) is 11.2. The van der Waals surface area contributed by atoms with Crippen LogP contribution in [0.5, 0.6) is 0 Å². The summed E-state index contributed by atoms with van der Waals surface area (Å²) in [4.78, 5) is 0.256. The van der Waals surface area contributed by atoms with Crippen LogP contribution in [0, 0.1) is 5.92 Å². The van der Waals surface area contributed by atoms with Gasteiger partial charge in [-0.05, 0) is 34.0 Å². The summed E-state index contributed by atoms with van der Waals surface area (Å²) in [5.41, 5.74) is 0. The molecule has 0 bridgehead atoms. The van der Waals surface area contributed by atoms with Crippen LogP contribution in [-0.4, -0.2) is 39.8 Å². The Morgan fingerprint density at radius 1 is 0.889 bits per heavy atom. The maximum absolute atomic E-state index is 13.6. The molecule has 192 valence electrons. The number of rotatable bonds is 11. The fourth-order valence-electron chi connectivity index (χ4n) is 4.78. The van der Waals surface area contributed by atoms with Crippen LogP contribution in [0.1, 0.15) is 34.1 Å². The lowest BCUT2D eigenvalue weighted by Gasteiger charge is -2.46. The van der Waals surface area contributed by atoms with E-state index in [0.29, 0.717) is 6.42 Å². The average molecular weight is 523 g/mol. The normalized spacial score (nSPS) is 15.1. The van der Waals surface area contributed by atoms with Crippen molar-refractivity contribution in [2.75, 3.05) is 5.75 Å². The average Bonchev–Trinajstić information content (AvgIpc) is 2.87. The smallest absolute Gasteiger partial charge is 0.261 e. The van der Waals surface area contributed by atoms with E-state index in [2.05, 4.69) is 51.6 Å². The third-order valence-electron chi connectivity index (χ3n) is 6.83. The van der Waals surface area contributed by atoms with Crippen molar-refractivity contribution in [2.45, 2.75) is 56.3 Å². The van der Waals surface area contributed by atoms with Crippen LogP contribution in [-0.2, 0) is 14.3 Å². The molecular formula is C30H38O4SSi. The summed E-state index contributed by atoms with van der Waals surface area (Å²) in [7, 11) is -6.72. The first-order valence-corrected chi connectivity index (χ1v) is 15.9. The molecule has 4 nitrogen and oxygen atoms in total. The largest absolute Gasteiger partial charge is 0.403 e. The second-order valence-electron chi connectivity index (χ2n) is 10.4. The van der Waals surface area contributed by atoms with Gasteiger partial charge in [0, 0.05) is 5.92 Å². The summed E-state index contributed by atoms with van der Waals surface area (Å²) in [6, 6.07) is 28.7. The zero-order valence-electron chi connectivity index (χ0n) is 21.7. The number of aliphatic hydroxyl groups excluding tert-OH is 1. The standard InChI is InChI=1S/C30H38O4SSi/c1-6-16-28(31)24(2)29(23-35(32,33)25-17-10-7-11-18-25)34-36(30(3,4)5,26-19-12-8-13-20-26)27-21-14-9-15-22-27/h6-15,17-22,24,28-29,31H,1,16,23H2,2-5H3/t24-,28-,29-/m1/s1. The van der Waals surface area contributed by atoms with Crippen LogP contribution in [0.4, 0.5) is 0 Å². The first-order valence-electron chi connectivity index (χ1n) is 12.4. The topological polar surface area (TPSA) is 63.6 Å². The predicted octanol–water partition coefficient (Wildman–Crippen LogP) is 4.98. The molecule has 0 aromatic heterocycles. The van der Waals surface area contributed by atoms with Gasteiger partial charge in [0.1, 0.15) is 0 Å². The van der Waals surface area contributed by atoms with Gasteiger partial charge >= 0.3 is 0 Å². The van der Waals surface area contributed by atoms with E-state index in [-0.39, 0.29) is 15.7 Å². The molecule has 0 unspecified atom stereocenters. The Morgan fingerprint density at radius 3 is 1.75 bits per heavy atom. The molecule has 3 aromatic carbocycles. The molecule has 3 atom stereocenters. The third-order valence-corrected chi connectivity index (χ3v) is 13.7. The Hall–Kier alpha value is -2.51. The van der Waals surface area contributed by atoms with E-state index in [1.54, 1.807) is 36.4 Å². The molecule has 0 heterocycles. The van der Waals surface area contributed by atoms with Crippen molar-refractivity contribution >= 4 is 28.5 Å². The minimum atomic E-state index is -3.67. The molecule has 0 saturated carbocycles. The van der Waals surface area contributed by atoms with Gasteiger partial charge in [0.2, 0.25) is 0 Å². The summed E-state index contributed by atoms with van der Waals surface area (Å²) >= 11 is 0. The van der Waals surface area contributed by atoms with Crippen LogP contribution in [0.25, 0.3) is 0 Å². The zero-order valence-corrected chi connectivity index (χ0v) is 23.5. The summed E-state index contributed by atoms with van der Waals surface area (Å²) in [5, 5.41) is 12.8. The Kier molecular flexibility index (Phi) is 9.11. The molecule has 0 aliphatic heterocycles. The molecule has 6 heteroatoms. The van der Waals surface area contributed by atoms with Gasteiger partial charge in [0.05, 0.1) is 22.9 Å². The van der Waals surface area contributed by atoms with Crippen LogP contribution in [0.2, 0.25) is 5.04 Å². The summed E-state index contributed by atoms with van der Waals surface area (Å²) < 4.78 is 34.4. The van der Waals surface area contributed by atoms with Gasteiger partial charge < -0.3 is 9.53 Å². The summed E-state index contributed by atoms with van der Waals surface area (Å²) in [6.07, 6.45) is 0.494. The second-order valence-corrected chi connectivity index (χ2v) is 16.7. The maximum atomic E-state index is 13.6. The van der Waals surface area contributed by atoms with Gasteiger partial charge in [-0.15, -0.1) is 6.58 Å². The lowest BCUT2D eigenvalue weighted by Crippen LogP contribution is -2.68. The number of hydrogen-bond donors (Lipinski definition) is 1. The molecule has 0 fully saturated rings. The highest BCUT2D eigenvalue weighted by atomic mass is 32.2. The van der Waals surface area contributed by atoms with Crippen molar-refractivity contribution in [2.24, 2.45) is 5.92 Å². The minimum Gasteiger partial charge on any atom is -0.403 e. The molecule has 0 amide bonds. The van der Waals surface area contributed by atoms with Crippen LogP contribution in [0.3, 0.4) is 0 Å². The third kappa shape index (κ3) is 6.06. The maximum Gasteiger partial charge on any atom is 0.261 e. The van der Waals surface area contributed by atoms with Gasteiger partial charge in [-0.2, -0.15) is 0 Å². The Labute approximate surface area is 217 Å². The van der Waals surface area contributed by atoms with Crippen molar-refractivity contribution < 1.29 is 18.0 Å². The SMILES string of the molecule is C=CC[C@@H](O)[C@@H](C)[C@@H](CS(=O)(=O)c1ccccc1)O[Si](c1ccccc1)(c1ccccc1)C(C)(C)C. The lowest BCUT2D eigenvalue weighted by atomic mass is 9.97. The molecule has 3 aromatic rings. The van der Waals surface area contributed by atoms with Gasteiger partial charge in [0.15, 0.2) is 9.84 Å². The van der Waals surface area contributed by atoms with Crippen LogP contribution < -0.4 is 10.4 Å². The summed E-state index contributed by atoms with van der Waals surface area (Å²) in [6.45, 7) is 12.1. The van der Waals surface area contributed by atoms with Gasteiger partial charge in [-0.1, -0.05) is 113 Å². The zero-order chi connectivity index (χ0) is 26.4. The number of sulfone groups is 1. The number of benzene rings is 3. The highest BCUT2D eigenvalue weighted by molar-refractivity contribution is 7.91. The van der Waals surface area contributed by atoms with E-state index in [9.17, 15) is 13.5 Å². The molecule has 3 rings (SSSR count). The monoisotopic (exact) mass is 522 g/mol. The highest BCUT2D eigenvalue weighted by Crippen LogP contribution is 2.39. The lowest BCUT2D eigenvalue weighted by molar-refractivity contribution is 0.0426. The Morgan fingerprint density at radius 2 is 1.33 bits per heavy atom. The molecule has 0 aliphatic rings.